The molecule has 4 aromatic rings. The molecule has 0 radical (unpaired) electrons. The summed E-state index contributed by atoms with van der Waals surface area (Å²) in [6.45, 7) is 6.02. The first kappa shape index (κ1) is 31.5. The van der Waals surface area contributed by atoms with Crippen molar-refractivity contribution in [2.24, 2.45) is 0 Å². The fourth-order valence-electron chi connectivity index (χ4n) is 5.51. The molecule has 0 aliphatic carbocycles. The van der Waals surface area contributed by atoms with Gasteiger partial charge in [0.2, 0.25) is 5.91 Å². The van der Waals surface area contributed by atoms with Gasteiger partial charge in [0.1, 0.15) is 6.10 Å². The van der Waals surface area contributed by atoms with Crippen LogP contribution in [0.4, 0.5) is 21.9 Å². The number of hydrogen-bond donors (Lipinski definition) is 2. The highest BCUT2D eigenvalue weighted by atomic mass is 16.6. The maximum Gasteiger partial charge on any atom is 0.411 e. The summed E-state index contributed by atoms with van der Waals surface area (Å²) in [5.74, 6) is -0.246. The van der Waals surface area contributed by atoms with E-state index in [4.69, 9.17) is 4.74 Å². The SMILES string of the molecule is Cc1ccc(NC(=O)c2ccc(C)c(N(C)C(=O)CCN3CCC(OC(=O)Nc4ccccc4-c4ccccc4)CC3)c2)cc1. The third kappa shape index (κ3) is 8.37. The van der Waals surface area contributed by atoms with Crippen molar-refractivity contribution in [3.05, 3.63) is 114 Å². The lowest BCUT2D eigenvalue weighted by Crippen LogP contribution is -2.40. The van der Waals surface area contributed by atoms with Crippen LogP contribution in [0.15, 0.2) is 97.1 Å². The van der Waals surface area contributed by atoms with E-state index in [2.05, 4.69) is 15.5 Å². The Bertz CT molecular complexity index is 1630. The van der Waals surface area contributed by atoms with E-state index in [1.807, 2.05) is 98.8 Å². The molecule has 8 heteroatoms. The van der Waals surface area contributed by atoms with Gasteiger partial charge in [0.05, 0.1) is 5.69 Å². The second-order valence-corrected chi connectivity index (χ2v) is 11.5. The van der Waals surface area contributed by atoms with Gasteiger partial charge in [-0.25, -0.2) is 4.79 Å². The maximum absolute atomic E-state index is 13.2. The molecule has 0 bridgehead atoms. The molecule has 4 aromatic carbocycles. The zero-order valence-electron chi connectivity index (χ0n) is 26.1. The first-order chi connectivity index (χ1) is 21.8. The molecule has 0 saturated carbocycles. The van der Waals surface area contributed by atoms with Crippen LogP contribution in [0.25, 0.3) is 11.1 Å². The molecule has 1 fully saturated rings. The van der Waals surface area contributed by atoms with Crippen LogP contribution in [0.3, 0.4) is 0 Å². The summed E-state index contributed by atoms with van der Waals surface area (Å²) in [5, 5.41) is 5.84. The fourth-order valence-corrected chi connectivity index (χ4v) is 5.51. The minimum atomic E-state index is -0.459. The first-order valence-electron chi connectivity index (χ1n) is 15.4. The maximum atomic E-state index is 13.2. The zero-order chi connectivity index (χ0) is 31.8. The molecule has 5 rings (SSSR count). The number of likely N-dealkylation sites (tertiary alicyclic amines) is 1. The first-order valence-corrected chi connectivity index (χ1v) is 15.4. The van der Waals surface area contributed by atoms with Crippen molar-refractivity contribution in [1.82, 2.24) is 4.90 Å². The molecule has 1 aliphatic heterocycles. The molecule has 0 spiro atoms. The molecule has 2 N–H and O–H groups in total. The van der Waals surface area contributed by atoms with Crippen LogP contribution >= 0.6 is 0 Å². The predicted octanol–water partition coefficient (Wildman–Crippen LogP) is 7.29. The van der Waals surface area contributed by atoms with Gasteiger partial charge < -0.3 is 19.9 Å². The summed E-state index contributed by atoms with van der Waals surface area (Å²) in [7, 11) is 1.75. The van der Waals surface area contributed by atoms with E-state index in [9.17, 15) is 14.4 Å². The van der Waals surface area contributed by atoms with E-state index in [0.717, 1.165) is 41.0 Å². The summed E-state index contributed by atoms with van der Waals surface area (Å²) in [6.07, 6.45) is 1.11. The number of benzene rings is 4. The smallest absolute Gasteiger partial charge is 0.411 e. The van der Waals surface area contributed by atoms with Crippen molar-refractivity contribution in [3.8, 4) is 11.1 Å². The van der Waals surface area contributed by atoms with Crippen molar-refractivity contribution in [2.45, 2.75) is 39.2 Å². The summed E-state index contributed by atoms with van der Waals surface area (Å²) >= 11 is 0. The Labute approximate surface area is 265 Å². The molecule has 0 atom stereocenters. The number of rotatable bonds is 9. The van der Waals surface area contributed by atoms with Crippen molar-refractivity contribution >= 4 is 35.0 Å². The van der Waals surface area contributed by atoms with E-state index in [0.29, 0.717) is 42.7 Å². The molecule has 232 valence electrons. The van der Waals surface area contributed by atoms with Gasteiger partial charge >= 0.3 is 6.09 Å². The summed E-state index contributed by atoms with van der Waals surface area (Å²) in [5.41, 5.74) is 6.63. The Balaban J connectivity index is 1.08. The Morgan fingerprint density at radius 3 is 2.27 bits per heavy atom. The van der Waals surface area contributed by atoms with Crippen LogP contribution in [0.5, 0.6) is 0 Å². The Kier molecular flexibility index (Phi) is 10.3. The largest absolute Gasteiger partial charge is 0.446 e. The summed E-state index contributed by atoms with van der Waals surface area (Å²) < 4.78 is 5.76. The lowest BCUT2D eigenvalue weighted by molar-refractivity contribution is -0.118. The quantitative estimate of drug-likeness (QED) is 0.209. The number of carbonyl (C=O) groups excluding carboxylic acids is 3. The molecule has 1 saturated heterocycles. The minimum Gasteiger partial charge on any atom is -0.446 e. The summed E-state index contributed by atoms with van der Waals surface area (Å²) in [6, 6.07) is 30.6. The summed E-state index contributed by atoms with van der Waals surface area (Å²) in [4.78, 5) is 42.7. The fraction of sp³-hybridized carbons (Fsp3) is 0.270. The number of anilines is 3. The third-order valence-corrected chi connectivity index (χ3v) is 8.22. The van der Waals surface area contributed by atoms with Crippen molar-refractivity contribution in [1.29, 1.82) is 0 Å². The Morgan fingerprint density at radius 2 is 1.53 bits per heavy atom. The average molecular weight is 605 g/mol. The van der Waals surface area contributed by atoms with E-state index in [1.54, 1.807) is 24.1 Å². The molecular formula is C37H40N4O4. The number of nitrogens with one attached hydrogen (secondary N) is 2. The second-order valence-electron chi connectivity index (χ2n) is 11.5. The highest BCUT2D eigenvalue weighted by molar-refractivity contribution is 6.05. The minimum absolute atomic E-state index is 0.0241. The monoisotopic (exact) mass is 604 g/mol. The Hall–Kier alpha value is -4.95. The zero-order valence-corrected chi connectivity index (χ0v) is 26.1. The van der Waals surface area contributed by atoms with Crippen LogP contribution in [-0.4, -0.2) is 55.6 Å². The van der Waals surface area contributed by atoms with Gasteiger partial charge in [-0.3, -0.25) is 14.9 Å². The molecule has 0 unspecified atom stereocenters. The predicted molar refractivity (Wildman–Crippen MR) is 180 cm³/mol. The molecule has 0 aromatic heterocycles. The van der Waals surface area contributed by atoms with Crippen LogP contribution in [0, 0.1) is 13.8 Å². The van der Waals surface area contributed by atoms with Crippen LogP contribution < -0.4 is 15.5 Å². The van der Waals surface area contributed by atoms with Crippen molar-refractivity contribution in [3.63, 3.8) is 0 Å². The number of piperidine rings is 1. The van der Waals surface area contributed by atoms with Gasteiger partial charge in [-0.15, -0.1) is 0 Å². The lowest BCUT2D eigenvalue weighted by atomic mass is 10.0. The van der Waals surface area contributed by atoms with Gasteiger partial charge in [0.25, 0.3) is 5.91 Å². The topological polar surface area (TPSA) is 91.0 Å². The van der Waals surface area contributed by atoms with Crippen LogP contribution in [0.1, 0.15) is 40.7 Å². The van der Waals surface area contributed by atoms with Gasteiger partial charge in [0, 0.05) is 55.6 Å². The van der Waals surface area contributed by atoms with Gasteiger partial charge in [0.15, 0.2) is 0 Å². The molecule has 8 nitrogen and oxygen atoms in total. The number of carbonyl (C=O) groups is 3. The van der Waals surface area contributed by atoms with E-state index >= 15 is 0 Å². The molecule has 1 heterocycles. The normalized spacial score (nSPS) is 13.6. The number of nitrogens with zero attached hydrogens (tertiary/aromatic N) is 2. The molecule has 1 aliphatic rings. The number of para-hydroxylation sites is 1. The number of ether oxygens (including phenoxy) is 1. The number of amides is 3. The van der Waals surface area contributed by atoms with Gasteiger partial charge in [-0.1, -0.05) is 72.3 Å². The van der Waals surface area contributed by atoms with Crippen LogP contribution in [-0.2, 0) is 9.53 Å². The van der Waals surface area contributed by atoms with Crippen molar-refractivity contribution < 1.29 is 19.1 Å². The average Bonchev–Trinajstić information content (AvgIpc) is 3.06. The highest BCUT2D eigenvalue weighted by Crippen LogP contribution is 2.28. The third-order valence-electron chi connectivity index (χ3n) is 8.22. The number of aryl methyl sites for hydroxylation is 2. The highest BCUT2D eigenvalue weighted by Gasteiger charge is 2.24. The van der Waals surface area contributed by atoms with E-state index in [-0.39, 0.29) is 17.9 Å². The van der Waals surface area contributed by atoms with Gasteiger partial charge in [-0.2, -0.15) is 0 Å². The van der Waals surface area contributed by atoms with E-state index in [1.165, 1.54) is 0 Å². The van der Waals surface area contributed by atoms with Gasteiger partial charge in [-0.05, 0) is 68.1 Å². The standard InChI is InChI=1S/C37H40N4O4/c1-26-13-17-30(18-14-26)38-36(43)29-16-15-27(2)34(25-29)40(3)35(42)21-24-41-22-19-31(20-23-41)45-37(44)39-33-12-8-7-11-32(33)28-9-5-4-6-10-28/h4-18,25,31H,19-24H2,1-3H3,(H,38,43)(H,39,44). The van der Waals surface area contributed by atoms with Crippen molar-refractivity contribution in [2.75, 3.05) is 42.2 Å². The number of hydrogen-bond acceptors (Lipinski definition) is 5. The van der Waals surface area contributed by atoms with Crippen LogP contribution in [0.2, 0.25) is 0 Å². The molecular weight excluding hydrogens is 564 g/mol. The lowest BCUT2D eigenvalue weighted by Gasteiger charge is -2.32. The molecule has 45 heavy (non-hydrogen) atoms. The second kappa shape index (κ2) is 14.7. The van der Waals surface area contributed by atoms with E-state index < -0.39 is 6.09 Å². The molecule has 3 amide bonds. The Morgan fingerprint density at radius 1 is 0.844 bits per heavy atom.